The van der Waals surface area contributed by atoms with Crippen LogP contribution in [0.2, 0.25) is 0 Å². The number of hydrogen-bond acceptors (Lipinski definition) is 4. The highest BCUT2D eigenvalue weighted by atomic mass is 35.5. The molecule has 142 valence electrons. The van der Waals surface area contributed by atoms with Crippen LogP contribution in [0.25, 0.3) is 0 Å². The zero-order chi connectivity index (χ0) is 18.0. The minimum atomic E-state index is -0.365. The number of carbonyl (C=O) groups excluding carboxylic acids is 3. The number of amides is 3. The van der Waals surface area contributed by atoms with Crippen molar-refractivity contribution >= 4 is 30.1 Å². The maximum Gasteiger partial charge on any atom is 0.262 e. The van der Waals surface area contributed by atoms with E-state index in [1.54, 1.807) is 17.0 Å². The number of rotatable bonds is 5. The Bertz CT molecular complexity index is 699. The fourth-order valence-corrected chi connectivity index (χ4v) is 3.52. The van der Waals surface area contributed by atoms with Crippen molar-refractivity contribution in [2.45, 2.75) is 26.7 Å². The van der Waals surface area contributed by atoms with E-state index in [-0.39, 0.29) is 36.7 Å². The lowest BCUT2D eigenvalue weighted by atomic mass is 9.97. The number of nitrogens with one attached hydrogen (secondary N) is 1. The molecule has 2 aliphatic rings. The molecule has 2 aliphatic heterocycles. The average Bonchev–Trinajstić information content (AvgIpc) is 2.84. The van der Waals surface area contributed by atoms with Crippen LogP contribution in [-0.4, -0.2) is 60.2 Å². The summed E-state index contributed by atoms with van der Waals surface area (Å²) in [7, 11) is 0. The minimum absolute atomic E-state index is 0. The van der Waals surface area contributed by atoms with Crippen LogP contribution >= 0.6 is 12.4 Å². The number of likely N-dealkylation sites (tertiary alicyclic amines) is 1. The second-order valence-corrected chi connectivity index (χ2v) is 6.88. The van der Waals surface area contributed by atoms with Crippen molar-refractivity contribution in [2.75, 3.05) is 32.7 Å². The van der Waals surface area contributed by atoms with Crippen molar-refractivity contribution in [3.63, 3.8) is 0 Å². The predicted molar refractivity (Wildman–Crippen MR) is 102 cm³/mol. The smallest absolute Gasteiger partial charge is 0.262 e. The molecule has 7 heteroatoms. The normalized spacial score (nSPS) is 17.3. The number of imide groups is 1. The zero-order valence-corrected chi connectivity index (χ0v) is 16.1. The molecule has 0 atom stereocenters. The quantitative estimate of drug-likeness (QED) is 0.793. The highest BCUT2D eigenvalue weighted by Crippen LogP contribution is 2.24. The van der Waals surface area contributed by atoms with Crippen LogP contribution in [0.15, 0.2) is 18.2 Å². The topological polar surface area (TPSA) is 69.7 Å². The van der Waals surface area contributed by atoms with Crippen LogP contribution in [-0.2, 0) is 4.79 Å². The molecule has 3 rings (SSSR count). The molecule has 26 heavy (non-hydrogen) atoms. The van der Waals surface area contributed by atoms with Gasteiger partial charge in [-0.15, -0.1) is 12.4 Å². The Morgan fingerprint density at radius 3 is 2.46 bits per heavy atom. The first-order valence-electron chi connectivity index (χ1n) is 8.96. The van der Waals surface area contributed by atoms with Gasteiger partial charge in [0, 0.05) is 13.1 Å². The van der Waals surface area contributed by atoms with E-state index in [4.69, 9.17) is 0 Å². The van der Waals surface area contributed by atoms with E-state index in [9.17, 15) is 14.4 Å². The summed E-state index contributed by atoms with van der Waals surface area (Å²) >= 11 is 0. The summed E-state index contributed by atoms with van der Waals surface area (Å²) in [5.74, 6) is -0.283. The Hall–Kier alpha value is -1.92. The van der Waals surface area contributed by atoms with Crippen LogP contribution in [0.5, 0.6) is 0 Å². The maximum atomic E-state index is 12.5. The van der Waals surface area contributed by atoms with Crippen molar-refractivity contribution < 1.29 is 14.4 Å². The molecule has 2 heterocycles. The highest BCUT2D eigenvalue weighted by molar-refractivity contribution is 6.22. The fourth-order valence-electron chi connectivity index (χ4n) is 3.52. The van der Waals surface area contributed by atoms with Gasteiger partial charge in [0.25, 0.3) is 11.8 Å². The average molecular weight is 380 g/mol. The SMILES string of the molecule is CCNCC1CCN(C(=O)CN2C(=O)c3ccc(C)cc3C2=O)CC1.Cl. The first kappa shape index (κ1) is 20.4. The van der Waals surface area contributed by atoms with E-state index in [2.05, 4.69) is 12.2 Å². The lowest BCUT2D eigenvalue weighted by Gasteiger charge is -2.32. The van der Waals surface area contributed by atoms with Gasteiger partial charge in [-0.05, 0) is 50.9 Å². The number of piperidine rings is 1. The van der Waals surface area contributed by atoms with Gasteiger partial charge in [0.1, 0.15) is 6.54 Å². The summed E-state index contributed by atoms with van der Waals surface area (Å²) in [6.45, 7) is 7.12. The van der Waals surface area contributed by atoms with Crippen LogP contribution in [0, 0.1) is 12.8 Å². The lowest BCUT2D eigenvalue weighted by molar-refractivity contribution is -0.132. The number of carbonyl (C=O) groups is 3. The van der Waals surface area contributed by atoms with Gasteiger partial charge < -0.3 is 10.2 Å². The van der Waals surface area contributed by atoms with E-state index in [0.717, 1.165) is 36.4 Å². The van der Waals surface area contributed by atoms with Gasteiger partial charge in [0.05, 0.1) is 11.1 Å². The Labute approximate surface area is 160 Å². The number of aryl methyl sites for hydroxylation is 1. The van der Waals surface area contributed by atoms with Gasteiger partial charge in [0.2, 0.25) is 5.91 Å². The van der Waals surface area contributed by atoms with Crippen LogP contribution in [0.1, 0.15) is 46.0 Å². The van der Waals surface area contributed by atoms with Crippen molar-refractivity contribution in [3.8, 4) is 0 Å². The standard InChI is InChI=1S/C19H25N3O3.ClH/c1-3-20-11-14-6-8-21(9-7-14)17(23)12-22-18(24)15-5-4-13(2)10-16(15)19(22)25;/h4-5,10,14,20H,3,6-9,11-12H2,1-2H3;1H. The molecule has 1 fully saturated rings. The number of hydrogen-bond donors (Lipinski definition) is 1. The van der Waals surface area contributed by atoms with E-state index in [1.807, 2.05) is 13.0 Å². The van der Waals surface area contributed by atoms with Gasteiger partial charge >= 0.3 is 0 Å². The Balaban J connectivity index is 0.00000243. The second kappa shape index (κ2) is 8.64. The van der Waals surface area contributed by atoms with Crippen LogP contribution in [0.4, 0.5) is 0 Å². The minimum Gasteiger partial charge on any atom is -0.341 e. The molecule has 1 saturated heterocycles. The van der Waals surface area contributed by atoms with Gasteiger partial charge in [0.15, 0.2) is 0 Å². The summed E-state index contributed by atoms with van der Waals surface area (Å²) in [6.07, 6.45) is 1.92. The summed E-state index contributed by atoms with van der Waals surface area (Å²) in [5, 5.41) is 3.35. The maximum absolute atomic E-state index is 12.5. The van der Waals surface area contributed by atoms with Crippen molar-refractivity contribution in [1.29, 1.82) is 0 Å². The van der Waals surface area contributed by atoms with Gasteiger partial charge in [-0.25, -0.2) is 0 Å². The molecule has 0 aromatic heterocycles. The molecule has 1 aromatic carbocycles. The number of nitrogens with zero attached hydrogens (tertiary/aromatic N) is 2. The third-order valence-electron chi connectivity index (χ3n) is 5.07. The van der Waals surface area contributed by atoms with E-state index < -0.39 is 0 Å². The summed E-state index contributed by atoms with van der Waals surface area (Å²) in [5.41, 5.74) is 1.73. The summed E-state index contributed by atoms with van der Waals surface area (Å²) in [6, 6.07) is 5.19. The highest BCUT2D eigenvalue weighted by Gasteiger charge is 2.37. The monoisotopic (exact) mass is 379 g/mol. The molecule has 1 N–H and O–H groups in total. The van der Waals surface area contributed by atoms with Crippen LogP contribution < -0.4 is 5.32 Å². The van der Waals surface area contributed by atoms with Gasteiger partial charge in [-0.1, -0.05) is 18.6 Å². The molecule has 0 aliphatic carbocycles. The molecule has 0 unspecified atom stereocenters. The first-order valence-corrected chi connectivity index (χ1v) is 8.96. The number of fused-ring (bicyclic) bond motifs is 1. The Kier molecular flexibility index (Phi) is 6.78. The largest absolute Gasteiger partial charge is 0.341 e. The van der Waals surface area contributed by atoms with Crippen LogP contribution in [0.3, 0.4) is 0 Å². The van der Waals surface area contributed by atoms with Gasteiger partial charge in [-0.2, -0.15) is 0 Å². The molecule has 1 aromatic rings. The zero-order valence-electron chi connectivity index (χ0n) is 15.3. The van der Waals surface area contributed by atoms with E-state index in [0.29, 0.717) is 30.1 Å². The Morgan fingerprint density at radius 2 is 1.81 bits per heavy atom. The van der Waals surface area contributed by atoms with Crippen molar-refractivity contribution in [3.05, 3.63) is 34.9 Å². The number of halogens is 1. The Morgan fingerprint density at radius 1 is 1.15 bits per heavy atom. The van der Waals surface area contributed by atoms with Crippen molar-refractivity contribution in [1.82, 2.24) is 15.1 Å². The molecule has 0 saturated carbocycles. The van der Waals surface area contributed by atoms with Crippen molar-refractivity contribution in [2.24, 2.45) is 5.92 Å². The third-order valence-corrected chi connectivity index (χ3v) is 5.07. The molecular weight excluding hydrogens is 354 g/mol. The molecule has 6 nitrogen and oxygen atoms in total. The fraction of sp³-hybridized carbons (Fsp3) is 0.526. The predicted octanol–water partition coefficient (Wildman–Crippen LogP) is 1.86. The molecule has 0 spiro atoms. The molecule has 3 amide bonds. The van der Waals surface area contributed by atoms with E-state index in [1.165, 1.54) is 0 Å². The summed E-state index contributed by atoms with van der Waals surface area (Å²) in [4.78, 5) is 40.3. The molecular formula is C19H26ClN3O3. The van der Waals surface area contributed by atoms with E-state index >= 15 is 0 Å². The number of benzene rings is 1. The molecule has 0 radical (unpaired) electrons. The second-order valence-electron chi connectivity index (χ2n) is 6.88. The molecule has 0 bridgehead atoms. The third kappa shape index (κ3) is 4.07. The summed E-state index contributed by atoms with van der Waals surface area (Å²) < 4.78 is 0. The lowest BCUT2D eigenvalue weighted by Crippen LogP contribution is -2.46. The van der Waals surface area contributed by atoms with Gasteiger partial charge in [-0.3, -0.25) is 19.3 Å². The first-order chi connectivity index (χ1) is 12.0.